The van der Waals surface area contributed by atoms with Crippen LogP contribution in [0, 0.1) is 0 Å². The Morgan fingerprint density at radius 3 is 2.72 bits per heavy atom. The van der Waals surface area contributed by atoms with Crippen LogP contribution in [-0.4, -0.2) is 18.0 Å². The SMILES string of the molecule is COc1ccc(CC(=O)Nc2ncc(Br)s2)cc1. The third-order valence-corrected chi connectivity index (χ3v) is 3.64. The Kier molecular flexibility index (Phi) is 4.33. The van der Waals surface area contributed by atoms with Crippen molar-refractivity contribution < 1.29 is 9.53 Å². The van der Waals surface area contributed by atoms with E-state index in [4.69, 9.17) is 4.74 Å². The summed E-state index contributed by atoms with van der Waals surface area (Å²) >= 11 is 4.68. The number of halogens is 1. The maximum atomic E-state index is 11.8. The number of aromatic nitrogens is 1. The van der Waals surface area contributed by atoms with E-state index < -0.39 is 0 Å². The zero-order chi connectivity index (χ0) is 13.0. The van der Waals surface area contributed by atoms with E-state index in [0.717, 1.165) is 15.1 Å². The molecule has 0 bridgehead atoms. The zero-order valence-corrected chi connectivity index (χ0v) is 12.0. The van der Waals surface area contributed by atoms with Gasteiger partial charge in [-0.25, -0.2) is 4.98 Å². The molecule has 0 spiro atoms. The predicted octanol–water partition coefficient (Wildman–Crippen LogP) is 3.10. The maximum absolute atomic E-state index is 11.8. The highest BCUT2D eigenvalue weighted by atomic mass is 79.9. The van der Waals surface area contributed by atoms with Crippen LogP contribution in [0.5, 0.6) is 5.75 Å². The van der Waals surface area contributed by atoms with Crippen LogP contribution in [0.25, 0.3) is 0 Å². The number of nitrogens with zero attached hydrogens (tertiary/aromatic N) is 1. The Labute approximate surface area is 117 Å². The molecule has 1 aromatic heterocycles. The molecule has 4 nitrogen and oxygen atoms in total. The molecule has 0 aliphatic carbocycles. The number of anilines is 1. The number of hydrogen-bond acceptors (Lipinski definition) is 4. The van der Waals surface area contributed by atoms with Crippen LogP contribution in [0.3, 0.4) is 0 Å². The summed E-state index contributed by atoms with van der Waals surface area (Å²) in [5.41, 5.74) is 0.934. The number of nitrogens with one attached hydrogen (secondary N) is 1. The van der Waals surface area contributed by atoms with Crippen molar-refractivity contribution in [2.24, 2.45) is 0 Å². The van der Waals surface area contributed by atoms with Crippen molar-refractivity contribution in [3.63, 3.8) is 0 Å². The lowest BCUT2D eigenvalue weighted by Crippen LogP contribution is -2.14. The van der Waals surface area contributed by atoms with E-state index in [1.165, 1.54) is 11.3 Å². The minimum atomic E-state index is -0.0815. The number of thiazole rings is 1. The minimum Gasteiger partial charge on any atom is -0.497 e. The third kappa shape index (κ3) is 3.54. The molecule has 0 saturated carbocycles. The maximum Gasteiger partial charge on any atom is 0.230 e. The van der Waals surface area contributed by atoms with Gasteiger partial charge in [-0.15, -0.1) is 0 Å². The number of methoxy groups -OCH3 is 1. The number of carbonyl (C=O) groups is 1. The van der Waals surface area contributed by atoms with E-state index in [1.807, 2.05) is 24.3 Å². The van der Waals surface area contributed by atoms with Crippen molar-refractivity contribution in [2.45, 2.75) is 6.42 Å². The molecule has 6 heteroatoms. The highest BCUT2D eigenvalue weighted by Gasteiger charge is 2.07. The molecule has 18 heavy (non-hydrogen) atoms. The van der Waals surface area contributed by atoms with Crippen molar-refractivity contribution in [3.8, 4) is 5.75 Å². The number of rotatable bonds is 4. The summed E-state index contributed by atoms with van der Waals surface area (Å²) in [6.07, 6.45) is 1.98. The standard InChI is InChI=1S/C12H11BrN2O2S/c1-17-9-4-2-8(3-5-9)6-11(16)15-12-14-7-10(13)18-12/h2-5,7H,6H2,1H3,(H,14,15,16). The van der Waals surface area contributed by atoms with Gasteiger partial charge in [0.1, 0.15) is 5.75 Å². The van der Waals surface area contributed by atoms with Crippen molar-refractivity contribution in [1.82, 2.24) is 4.98 Å². The van der Waals surface area contributed by atoms with E-state index in [0.29, 0.717) is 11.6 Å². The van der Waals surface area contributed by atoms with Crippen LogP contribution >= 0.6 is 27.3 Å². The summed E-state index contributed by atoms with van der Waals surface area (Å²) < 4.78 is 5.95. The van der Waals surface area contributed by atoms with Crippen molar-refractivity contribution >= 4 is 38.3 Å². The van der Waals surface area contributed by atoms with Gasteiger partial charge in [-0.05, 0) is 33.6 Å². The van der Waals surface area contributed by atoms with Crippen LogP contribution < -0.4 is 10.1 Å². The molecule has 1 amide bonds. The van der Waals surface area contributed by atoms with E-state index >= 15 is 0 Å². The zero-order valence-electron chi connectivity index (χ0n) is 9.64. The van der Waals surface area contributed by atoms with Crippen molar-refractivity contribution in [3.05, 3.63) is 39.8 Å². The van der Waals surface area contributed by atoms with Crippen molar-refractivity contribution in [1.29, 1.82) is 0 Å². The average Bonchev–Trinajstić information content (AvgIpc) is 2.75. The first kappa shape index (κ1) is 13.0. The fourth-order valence-electron chi connectivity index (χ4n) is 1.40. The van der Waals surface area contributed by atoms with Gasteiger partial charge in [0, 0.05) is 0 Å². The molecule has 0 saturated heterocycles. The summed E-state index contributed by atoms with van der Waals surface area (Å²) in [5, 5.41) is 3.34. The first-order valence-corrected chi connectivity index (χ1v) is 6.82. The summed E-state index contributed by atoms with van der Waals surface area (Å²) in [7, 11) is 1.61. The average molecular weight is 327 g/mol. The molecule has 1 aromatic carbocycles. The monoisotopic (exact) mass is 326 g/mol. The number of amides is 1. The molecule has 0 fully saturated rings. The minimum absolute atomic E-state index is 0.0815. The molecule has 2 rings (SSSR count). The normalized spacial score (nSPS) is 10.1. The molecular formula is C12H11BrN2O2S. The van der Waals surface area contributed by atoms with Gasteiger partial charge in [-0.1, -0.05) is 23.5 Å². The van der Waals surface area contributed by atoms with Gasteiger partial charge < -0.3 is 10.1 Å². The van der Waals surface area contributed by atoms with E-state index in [9.17, 15) is 4.79 Å². The molecule has 1 N–H and O–H groups in total. The van der Waals surface area contributed by atoms with Crippen molar-refractivity contribution in [2.75, 3.05) is 12.4 Å². The molecular weight excluding hydrogens is 316 g/mol. The van der Waals surface area contributed by atoms with Gasteiger partial charge in [0.2, 0.25) is 5.91 Å². The van der Waals surface area contributed by atoms with Crippen LogP contribution in [0.4, 0.5) is 5.13 Å². The summed E-state index contributed by atoms with van der Waals surface area (Å²) in [6, 6.07) is 7.41. The second-order valence-electron chi connectivity index (χ2n) is 3.54. The van der Waals surface area contributed by atoms with Gasteiger partial charge in [-0.3, -0.25) is 4.79 Å². The van der Waals surface area contributed by atoms with E-state index in [-0.39, 0.29) is 5.91 Å². The highest BCUT2D eigenvalue weighted by molar-refractivity contribution is 9.11. The predicted molar refractivity (Wildman–Crippen MR) is 75.1 cm³/mol. The third-order valence-electron chi connectivity index (χ3n) is 2.25. The highest BCUT2D eigenvalue weighted by Crippen LogP contribution is 2.23. The summed E-state index contributed by atoms with van der Waals surface area (Å²) in [6.45, 7) is 0. The molecule has 0 aliphatic rings. The topological polar surface area (TPSA) is 51.2 Å². The Hall–Kier alpha value is -1.40. The Morgan fingerprint density at radius 1 is 1.44 bits per heavy atom. The second-order valence-corrected chi connectivity index (χ2v) is 5.95. The molecule has 0 aliphatic heterocycles. The van der Waals surface area contributed by atoms with Crippen LogP contribution in [0.2, 0.25) is 0 Å². The largest absolute Gasteiger partial charge is 0.497 e. The lowest BCUT2D eigenvalue weighted by molar-refractivity contribution is -0.115. The molecule has 94 valence electrons. The summed E-state index contributed by atoms with van der Waals surface area (Å²) in [5.74, 6) is 0.699. The first-order chi connectivity index (χ1) is 8.67. The molecule has 0 atom stereocenters. The van der Waals surface area contributed by atoms with Gasteiger partial charge in [-0.2, -0.15) is 0 Å². The lowest BCUT2D eigenvalue weighted by Gasteiger charge is -2.03. The van der Waals surface area contributed by atoms with Gasteiger partial charge in [0.25, 0.3) is 0 Å². The fourth-order valence-corrected chi connectivity index (χ4v) is 2.53. The Balaban J connectivity index is 1.94. The quantitative estimate of drug-likeness (QED) is 0.939. The van der Waals surface area contributed by atoms with Gasteiger partial charge in [0.05, 0.1) is 23.5 Å². The van der Waals surface area contributed by atoms with Crippen LogP contribution in [0.15, 0.2) is 34.2 Å². The lowest BCUT2D eigenvalue weighted by atomic mass is 10.1. The molecule has 1 heterocycles. The van der Waals surface area contributed by atoms with Crippen LogP contribution in [-0.2, 0) is 11.2 Å². The fraction of sp³-hybridized carbons (Fsp3) is 0.167. The molecule has 0 unspecified atom stereocenters. The van der Waals surface area contributed by atoms with Gasteiger partial charge >= 0.3 is 0 Å². The molecule has 2 aromatic rings. The number of benzene rings is 1. The number of ether oxygens (including phenoxy) is 1. The van der Waals surface area contributed by atoms with Gasteiger partial charge in [0.15, 0.2) is 5.13 Å². The van der Waals surface area contributed by atoms with E-state index in [2.05, 4.69) is 26.2 Å². The number of carbonyl (C=O) groups excluding carboxylic acids is 1. The smallest absolute Gasteiger partial charge is 0.230 e. The second kappa shape index (κ2) is 5.97. The van der Waals surface area contributed by atoms with E-state index in [1.54, 1.807) is 13.3 Å². The first-order valence-electron chi connectivity index (χ1n) is 5.21. The Morgan fingerprint density at radius 2 is 2.17 bits per heavy atom. The summed E-state index contributed by atoms with van der Waals surface area (Å²) in [4.78, 5) is 15.8. The molecule has 0 radical (unpaired) electrons. The number of hydrogen-bond donors (Lipinski definition) is 1. The Bertz CT molecular complexity index is 539. The van der Waals surface area contributed by atoms with Crippen LogP contribution in [0.1, 0.15) is 5.56 Å².